The molecule has 3 heterocycles. The van der Waals surface area contributed by atoms with Gasteiger partial charge in [0.15, 0.2) is 17.8 Å². The van der Waals surface area contributed by atoms with Crippen LogP contribution in [-0.2, 0) is 18.4 Å². The Labute approximate surface area is 232 Å². The average molecular weight is 621 g/mol. The van der Waals surface area contributed by atoms with Gasteiger partial charge < -0.3 is 39.5 Å². The molecule has 2 aromatic heterocycles. The predicted octanol–water partition coefficient (Wildman–Crippen LogP) is 3.28. The van der Waals surface area contributed by atoms with E-state index in [9.17, 15) is 28.6 Å². The number of aromatic nitrogens is 3. The van der Waals surface area contributed by atoms with E-state index in [4.69, 9.17) is 30.6 Å². The van der Waals surface area contributed by atoms with Gasteiger partial charge in [0, 0.05) is 5.56 Å². The SMILES string of the molecule is C[C@H](Nc1cc(Cl)nc2c1cnn2[C@@H]1O[C@H](COP(=O)(O)CP(=O)(O)O)[C@]2(O)CCC[C@]12O)c1ccccc1F. The summed E-state index contributed by atoms with van der Waals surface area (Å²) >= 11 is 6.31. The Morgan fingerprint density at radius 2 is 1.95 bits per heavy atom. The number of rotatable bonds is 9. The Hall–Kier alpha value is -1.96. The topological polar surface area (TPSA) is 196 Å². The molecule has 6 atom stereocenters. The molecule has 218 valence electrons. The number of aliphatic hydroxyl groups is 2. The van der Waals surface area contributed by atoms with E-state index in [-0.39, 0.29) is 23.6 Å². The van der Waals surface area contributed by atoms with Gasteiger partial charge in [-0.05, 0) is 38.3 Å². The molecule has 0 bridgehead atoms. The average Bonchev–Trinajstić information content (AvgIpc) is 3.44. The van der Waals surface area contributed by atoms with Gasteiger partial charge in [0.1, 0.15) is 28.3 Å². The summed E-state index contributed by atoms with van der Waals surface area (Å²) in [5, 5.41) is 31.2. The minimum Gasteiger partial charge on any atom is -0.384 e. The maximum atomic E-state index is 14.4. The maximum absolute atomic E-state index is 14.4. The monoisotopic (exact) mass is 620 g/mol. The van der Waals surface area contributed by atoms with E-state index in [2.05, 4.69) is 15.4 Å². The molecule has 1 aliphatic heterocycles. The molecule has 13 nitrogen and oxygen atoms in total. The van der Waals surface area contributed by atoms with E-state index in [0.717, 1.165) is 0 Å². The molecular weight excluding hydrogens is 593 g/mol. The lowest BCUT2D eigenvalue weighted by Crippen LogP contribution is -2.54. The lowest BCUT2D eigenvalue weighted by molar-refractivity contribution is -0.136. The summed E-state index contributed by atoms with van der Waals surface area (Å²) in [6.45, 7) is 1.03. The number of nitrogens with zero attached hydrogens (tertiary/aromatic N) is 3. The van der Waals surface area contributed by atoms with Gasteiger partial charge in [0.05, 0.1) is 29.9 Å². The van der Waals surface area contributed by atoms with Crippen molar-refractivity contribution in [3.8, 4) is 0 Å². The Balaban J connectivity index is 1.46. The van der Waals surface area contributed by atoms with Crippen LogP contribution in [0, 0.1) is 5.82 Å². The van der Waals surface area contributed by atoms with Crippen molar-refractivity contribution in [1.82, 2.24) is 14.8 Å². The maximum Gasteiger partial charge on any atom is 0.340 e. The molecule has 1 unspecified atom stereocenters. The van der Waals surface area contributed by atoms with Crippen molar-refractivity contribution in [2.75, 3.05) is 17.8 Å². The third-order valence-corrected chi connectivity index (χ3v) is 11.0. The number of hydrogen-bond acceptors (Lipinski definition) is 9. The van der Waals surface area contributed by atoms with Crippen LogP contribution in [0.1, 0.15) is 44.0 Å². The molecule has 2 fully saturated rings. The van der Waals surface area contributed by atoms with Crippen LogP contribution in [0.5, 0.6) is 0 Å². The van der Waals surface area contributed by atoms with Crippen molar-refractivity contribution in [1.29, 1.82) is 0 Å². The second-order valence-electron chi connectivity index (χ2n) is 10.1. The number of hydrogen-bond donors (Lipinski definition) is 6. The zero-order valence-electron chi connectivity index (χ0n) is 21.1. The third-order valence-electron chi connectivity index (χ3n) is 7.39. The standard InChI is InChI=1S/C23H28ClFN4O9P2/c1-13(14-5-2-3-6-16(14)25)27-17-9-19(24)28-20-15(17)10-26-29(20)21-23(31)8-4-7-22(23,30)18(38-21)11-37-40(35,36)12-39(32,33)34/h2-3,5-6,9-10,13,18,21,30-31H,4,7-8,11-12H2,1H3,(H,27,28)(H,35,36)(H2,32,33,34)/t13-,18+,21+,22+,23-/m0/s1. The highest BCUT2D eigenvalue weighted by molar-refractivity contribution is 7.70. The van der Waals surface area contributed by atoms with E-state index < -0.39 is 63.1 Å². The van der Waals surface area contributed by atoms with Crippen molar-refractivity contribution in [3.63, 3.8) is 0 Å². The Morgan fingerprint density at radius 1 is 1.25 bits per heavy atom. The predicted molar refractivity (Wildman–Crippen MR) is 141 cm³/mol. The van der Waals surface area contributed by atoms with E-state index in [1.54, 1.807) is 31.2 Å². The van der Waals surface area contributed by atoms with Gasteiger partial charge in [-0.15, -0.1) is 0 Å². The van der Waals surface area contributed by atoms with E-state index in [0.29, 0.717) is 23.1 Å². The number of benzene rings is 1. The summed E-state index contributed by atoms with van der Waals surface area (Å²) in [7, 11) is -9.63. The molecule has 0 amide bonds. The molecule has 17 heteroatoms. The number of anilines is 1. The van der Waals surface area contributed by atoms with Crippen LogP contribution in [0.25, 0.3) is 11.0 Å². The number of halogens is 2. The summed E-state index contributed by atoms with van der Waals surface area (Å²) in [6.07, 6.45) is -0.706. The van der Waals surface area contributed by atoms with Crippen LogP contribution in [0.4, 0.5) is 10.1 Å². The second-order valence-corrected chi connectivity index (χ2v) is 14.5. The Kier molecular flexibility index (Phi) is 7.67. The number of nitrogens with one attached hydrogen (secondary N) is 1. The zero-order valence-corrected chi connectivity index (χ0v) is 23.6. The van der Waals surface area contributed by atoms with Crippen molar-refractivity contribution in [3.05, 3.63) is 53.1 Å². The van der Waals surface area contributed by atoms with Gasteiger partial charge in [0.25, 0.3) is 0 Å². The van der Waals surface area contributed by atoms with Crippen molar-refractivity contribution in [2.24, 2.45) is 0 Å². The summed E-state index contributed by atoms with van der Waals surface area (Å²) in [5.41, 5.74) is -2.78. The lowest BCUT2D eigenvalue weighted by atomic mass is 9.83. The van der Waals surface area contributed by atoms with Gasteiger partial charge in [-0.3, -0.25) is 9.13 Å². The molecule has 2 aliphatic rings. The molecule has 5 rings (SSSR count). The largest absolute Gasteiger partial charge is 0.384 e. The second kappa shape index (κ2) is 10.4. The molecule has 3 aromatic rings. The molecule has 6 N–H and O–H groups in total. The highest BCUT2D eigenvalue weighted by Gasteiger charge is 2.69. The van der Waals surface area contributed by atoms with Crippen LogP contribution >= 0.6 is 26.8 Å². The van der Waals surface area contributed by atoms with Crippen molar-refractivity contribution < 1.29 is 47.7 Å². The summed E-state index contributed by atoms with van der Waals surface area (Å²) in [5.74, 6) is -1.80. The van der Waals surface area contributed by atoms with Crippen LogP contribution < -0.4 is 5.32 Å². The number of pyridine rings is 1. The van der Waals surface area contributed by atoms with Gasteiger partial charge in [-0.1, -0.05) is 29.8 Å². The first kappa shape index (κ1) is 29.5. The first-order valence-electron chi connectivity index (χ1n) is 12.3. The fraction of sp³-hybridized carbons (Fsp3) is 0.478. The summed E-state index contributed by atoms with van der Waals surface area (Å²) < 4.78 is 49.9. The quantitative estimate of drug-likeness (QED) is 0.151. The zero-order chi connectivity index (χ0) is 29.1. The highest BCUT2D eigenvalue weighted by Crippen LogP contribution is 2.58. The number of fused-ring (bicyclic) bond motifs is 2. The molecule has 1 saturated carbocycles. The van der Waals surface area contributed by atoms with Gasteiger partial charge >= 0.3 is 15.2 Å². The first-order valence-corrected chi connectivity index (χ1v) is 16.2. The lowest BCUT2D eigenvalue weighted by Gasteiger charge is -2.34. The highest BCUT2D eigenvalue weighted by atomic mass is 35.5. The van der Waals surface area contributed by atoms with E-state index in [1.165, 1.54) is 16.9 Å². The molecule has 40 heavy (non-hydrogen) atoms. The smallest absolute Gasteiger partial charge is 0.340 e. The van der Waals surface area contributed by atoms with Crippen LogP contribution in [0.15, 0.2) is 36.5 Å². The van der Waals surface area contributed by atoms with Crippen molar-refractivity contribution in [2.45, 2.75) is 55.8 Å². The van der Waals surface area contributed by atoms with E-state index in [1.807, 2.05) is 0 Å². The first-order chi connectivity index (χ1) is 18.6. The van der Waals surface area contributed by atoms with Crippen LogP contribution in [0.3, 0.4) is 0 Å². The molecule has 0 spiro atoms. The van der Waals surface area contributed by atoms with E-state index >= 15 is 0 Å². The minimum absolute atomic E-state index is 0.0580. The van der Waals surface area contributed by atoms with Crippen molar-refractivity contribution >= 4 is 43.5 Å². The molecule has 1 aliphatic carbocycles. The minimum atomic E-state index is -4.87. The molecule has 1 saturated heterocycles. The van der Waals surface area contributed by atoms with Crippen LogP contribution in [-0.4, -0.2) is 69.5 Å². The summed E-state index contributed by atoms with van der Waals surface area (Å²) in [4.78, 5) is 32.3. The normalized spacial score (nSPS) is 28.9. The van der Waals surface area contributed by atoms with Gasteiger partial charge in [-0.25, -0.2) is 14.1 Å². The van der Waals surface area contributed by atoms with Crippen LogP contribution in [0.2, 0.25) is 5.15 Å². The summed E-state index contributed by atoms with van der Waals surface area (Å²) in [6, 6.07) is 7.37. The fourth-order valence-electron chi connectivity index (χ4n) is 5.53. The molecule has 1 aromatic carbocycles. The Bertz CT molecular complexity index is 1540. The Morgan fingerprint density at radius 3 is 2.65 bits per heavy atom. The molecular formula is C23H28ClFN4O9P2. The fourth-order valence-corrected chi connectivity index (χ4v) is 8.28. The molecule has 0 radical (unpaired) electrons. The number of ether oxygens (including phenoxy) is 1. The van der Waals surface area contributed by atoms with Gasteiger partial charge in [0.2, 0.25) is 0 Å². The van der Waals surface area contributed by atoms with Gasteiger partial charge in [-0.2, -0.15) is 5.10 Å². The third kappa shape index (κ3) is 5.34.